The average Bonchev–Trinajstić information content (AvgIpc) is 3.02. The monoisotopic (exact) mass is 365 g/mol. The molecule has 1 saturated carbocycles. The molecule has 2 atom stereocenters. The van der Waals surface area contributed by atoms with Gasteiger partial charge in [0.05, 0.1) is 12.7 Å². The van der Waals surface area contributed by atoms with Crippen molar-refractivity contribution in [3.05, 3.63) is 0 Å². The average molecular weight is 366 g/mol. The summed E-state index contributed by atoms with van der Waals surface area (Å²) in [6.45, 7) is 14.3. The second kappa shape index (κ2) is 8.92. The third-order valence-corrected chi connectivity index (χ3v) is 7.67. The standard InChI is InChI=1S/C23H43NO2/c1-5-22(3,4)20-11-13-23(14-12-20)25-18-21(26-23)10-6-7-15-24-16-8-9-19(2)17-24/h19-21H,5-18H2,1-4H3. The summed E-state index contributed by atoms with van der Waals surface area (Å²) in [5, 5.41) is 0. The van der Waals surface area contributed by atoms with Crippen LogP contribution in [0.1, 0.15) is 91.9 Å². The van der Waals surface area contributed by atoms with Crippen LogP contribution in [-0.2, 0) is 9.47 Å². The van der Waals surface area contributed by atoms with E-state index in [4.69, 9.17) is 9.47 Å². The number of piperidine rings is 1. The first-order valence-corrected chi connectivity index (χ1v) is 11.5. The minimum absolute atomic E-state index is 0.229. The molecule has 3 fully saturated rings. The van der Waals surface area contributed by atoms with E-state index in [2.05, 4.69) is 32.6 Å². The molecule has 152 valence electrons. The first-order valence-electron chi connectivity index (χ1n) is 11.5. The van der Waals surface area contributed by atoms with Gasteiger partial charge in [0.2, 0.25) is 0 Å². The molecule has 2 unspecified atom stereocenters. The highest BCUT2D eigenvalue weighted by molar-refractivity contribution is 4.89. The van der Waals surface area contributed by atoms with Crippen molar-refractivity contribution in [1.29, 1.82) is 0 Å². The van der Waals surface area contributed by atoms with Gasteiger partial charge < -0.3 is 14.4 Å². The van der Waals surface area contributed by atoms with E-state index in [1.807, 2.05) is 0 Å². The third-order valence-electron chi connectivity index (χ3n) is 7.67. The summed E-state index contributed by atoms with van der Waals surface area (Å²) in [6.07, 6.45) is 12.9. The molecule has 0 aromatic heterocycles. The summed E-state index contributed by atoms with van der Waals surface area (Å²) in [6, 6.07) is 0. The summed E-state index contributed by atoms with van der Waals surface area (Å²) in [7, 11) is 0. The lowest BCUT2D eigenvalue weighted by atomic mass is 9.68. The van der Waals surface area contributed by atoms with Crippen LogP contribution in [0.15, 0.2) is 0 Å². The molecule has 0 bridgehead atoms. The van der Waals surface area contributed by atoms with Crippen molar-refractivity contribution in [3.63, 3.8) is 0 Å². The van der Waals surface area contributed by atoms with Crippen LogP contribution in [-0.4, -0.2) is 43.0 Å². The lowest BCUT2D eigenvalue weighted by molar-refractivity contribution is -0.197. The molecule has 2 saturated heterocycles. The molecule has 1 aliphatic carbocycles. The third kappa shape index (κ3) is 5.23. The maximum Gasteiger partial charge on any atom is 0.168 e. The Morgan fingerprint density at radius 3 is 2.58 bits per heavy atom. The molecule has 3 aliphatic rings. The van der Waals surface area contributed by atoms with E-state index >= 15 is 0 Å². The Morgan fingerprint density at radius 1 is 1.12 bits per heavy atom. The van der Waals surface area contributed by atoms with Crippen LogP contribution in [0.4, 0.5) is 0 Å². The smallest absolute Gasteiger partial charge is 0.168 e. The Bertz CT molecular complexity index is 428. The first kappa shape index (κ1) is 20.6. The van der Waals surface area contributed by atoms with Crippen molar-refractivity contribution < 1.29 is 9.47 Å². The van der Waals surface area contributed by atoms with Crippen molar-refractivity contribution in [2.24, 2.45) is 17.3 Å². The summed E-state index contributed by atoms with van der Waals surface area (Å²) in [5.41, 5.74) is 0.464. The number of likely N-dealkylation sites (tertiary alicyclic amines) is 1. The predicted molar refractivity (Wildman–Crippen MR) is 108 cm³/mol. The molecular weight excluding hydrogens is 322 g/mol. The van der Waals surface area contributed by atoms with Gasteiger partial charge in [-0.3, -0.25) is 0 Å². The Morgan fingerprint density at radius 2 is 1.88 bits per heavy atom. The molecule has 3 rings (SSSR count). The largest absolute Gasteiger partial charge is 0.347 e. The summed E-state index contributed by atoms with van der Waals surface area (Å²) >= 11 is 0. The molecule has 3 heteroatoms. The maximum atomic E-state index is 6.46. The van der Waals surface area contributed by atoms with Crippen molar-refractivity contribution in [1.82, 2.24) is 4.90 Å². The predicted octanol–water partition coefficient (Wildman–Crippen LogP) is 5.63. The lowest BCUT2D eigenvalue weighted by Crippen LogP contribution is -2.39. The van der Waals surface area contributed by atoms with Crippen LogP contribution >= 0.6 is 0 Å². The molecule has 1 spiro atoms. The van der Waals surface area contributed by atoms with E-state index in [-0.39, 0.29) is 5.79 Å². The number of unbranched alkanes of at least 4 members (excludes halogenated alkanes) is 1. The molecule has 26 heavy (non-hydrogen) atoms. The molecule has 0 radical (unpaired) electrons. The van der Waals surface area contributed by atoms with Crippen molar-refractivity contribution in [2.45, 2.75) is 104 Å². The maximum absolute atomic E-state index is 6.46. The van der Waals surface area contributed by atoms with Gasteiger partial charge in [-0.2, -0.15) is 0 Å². The van der Waals surface area contributed by atoms with Crippen LogP contribution in [0.25, 0.3) is 0 Å². The zero-order valence-electron chi connectivity index (χ0n) is 17.9. The number of ether oxygens (including phenoxy) is 2. The van der Waals surface area contributed by atoms with Gasteiger partial charge in [0.25, 0.3) is 0 Å². The van der Waals surface area contributed by atoms with Crippen LogP contribution < -0.4 is 0 Å². The quantitative estimate of drug-likeness (QED) is 0.546. The molecule has 2 heterocycles. The molecule has 2 aliphatic heterocycles. The van der Waals surface area contributed by atoms with Gasteiger partial charge in [-0.15, -0.1) is 0 Å². The van der Waals surface area contributed by atoms with Crippen LogP contribution in [0.3, 0.4) is 0 Å². The summed E-state index contributed by atoms with van der Waals surface area (Å²) in [4.78, 5) is 2.67. The lowest BCUT2D eigenvalue weighted by Gasteiger charge is -2.42. The molecule has 0 amide bonds. The Balaban J connectivity index is 1.33. The highest BCUT2D eigenvalue weighted by Gasteiger charge is 2.46. The molecule has 0 aromatic carbocycles. The van der Waals surface area contributed by atoms with Crippen molar-refractivity contribution in [3.8, 4) is 0 Å². The molecule has 0 aromatic rings. The number of hydrogen-bond acceptors (Lipinski definition) is 3. The normalized spacial score (nSPS) is 36.7. The minimum Gasteiger partial charge on any atom is -0.347 e. The Hall–Kier alpha value is -0.120. The van der Waals surface area contributed by atoms with Crippen LogP contribution in [0, 0.1) is 17.3 Å². The zero-order chi connectivity index (χ0) is 18.6. The minimum atomic E-state index is -0.229. The van der Waals surface area contributed by atoms with E-state index in [0.29, 0.717) is 11.5 Å². The first-order chi connectivity index (χ1) is 12.4. The second-order valence-electron chi connectivity index (χ2n) is 10.1. The molecule has 0 N–H and O–H groups in total. The van der Waals surface area contributed by atoms with E-state index < -0.39 is 0 Å². The molecular formula is C23H43NO2. The van der Waals surface area contributed by atoms with Gasteiger partial charge in [-0.1, -0.05) is 34.1 Å². The van der Waals surface area contributed by atoms with Gasteiger partial charge in [-0.05, 0) is 75.3 Å². The van der Waals surface area contributed by atoms with Gasteiger partial charge in [0.1, 0.15) is 0 Å². The van der Waals surface area contributed by atoms with E-state index in [1.54, 1.807) is 0 Å². The van der Waals surface area contributed by atoms with E-state index in [1.165, 1.54) is 71.0 Å². The van der Waals surface area contributed by atoms with E-state index in [9.17, 15) is 0 Å². The summed E-state index contributed by atoms with van der Waals surface area (Å²) in [5.74, 6) is 1.49. The molecule has 3 nitrogen and oxygen atoms in total. The Labute approximate surface area is 162 Å². The topological polar surface area (TPSA) is 21.7 Å². The van der Waals surface area contributed by atoms with Crippen molar-refractivity contribution in [2.75, 3.05) is 26.2 Å². The Kier molecular flexibility index (Phi) is 7.07. The van der Waals surface area contributed by atoms with Gasteiger partial charge in [0.15, 0.2) is 5.79 Å². The fourth-order valence-electron chi connectivity index (χ4n) is 5.35. The van der Waals surface area contributed by atoms with E-state index in [0.717, 1.165) is 31.3 Å². The highest BCUT2D eigenvalue weighted by Crippen LogP contribution is 2.47. The second-order valence-corrected chi connectivity index (χ2v) is 10.1. The van der Waals surface area contributed by atoms with Crippen LogP contribution in [0.5, 0.6) is 0 Å². The number of hydrogen-bond donors (Lipinski definition) is 0. The van der Waals surface area contributed by atoms with Crippen LogP contribution in [0.2, 0.25) is 0 Å². The van der Waals surface area contributed by atoms with Gasteiger partial charge in [-0.25, -0.2) is 0 Å². The fourth-order valence-corrected chi connectivity index (χ4v) is 5.35. The fraction of sp³-hybridized carbons (Fsp3) is 1.00. The zero-order valence-corrected chi connectivity index (χ0v) is 17.9. The number of rotatable bonds is 7. The van der Waals surface area contributed by atoms with Gasteiger partial charge >= 0.3 is 0 Å². The SMILES string of the molecule is CCC(C)(C)C1CCC2(CC1)OCC(CCCCN1CCCC(C)C1)O2. The highest BCUT2D eigenvalue weighted by atomic mass is 16.7. The van der Waals surface area contributed by atoms with Crippen molar-refractivity contribution >= 4 is 0 Å². The van der Waals surface area contributed by atoms with Gasteiger partial charge in [0, 0.05) is 19.4 Å². The number of nitrogens with zero attached hydrogens (tertiary/aromatic N) is 1. The summed E-state index contributed by atoms with van der Waals surface area (Å²) < 4.78 is 12.7.